The lowest BCUT2D eigenvalue weighted by molar-refractivity contribution is 0.564. The van der Waals surface area contributed by atoms with Gasteiger partial charge in [0.15, 0.2) is 9.84 Å². The zero-order chi connectivity index (χ0) is 12.2. The van der Waals surface area contributed by atoms with Gasteiger partial charge in [-0.25, -0.2) is 12.8 Å². The summed E-state index contributed by atoms with van der Waals surface area (Å²) in [5.41, 5.74) is 0.593. The van der Waals surface area contributed by atoms with E-state index < -0.39 is 15.7 Å². The molecule has 0 unspecified atom stereocenters. The van der Waals surface area contributed by atoms with Crippen LogP contribution in [0.4, 0.5) is 4.39 Å². The Bertz CT molecular complexity index is 452. The molecule has 0 N–H and O–H groups in total. The second-order valence-electron chi connectivity index (χ2n) is 3.96. The molecule has 0 aliphatic rings. The zero-order valence-corrected chi connectivity index (χ0v) is 10.5. The van der Waals surface area contributed by atoms with E-state index in [0.29, 0.717) is 12.0 Å². The molecule has 0 radical (unpaired) electrons. The minimum atomic E-state index is -3.48. The lowest BCUT2D eigenvalue weighted by Gasteiger charge is -2.08. The van der Waals surface area contributed by atoms with Gasteiger partial charge in [-0.05, 0) is 24.5 Å². The molecule has 1 aromatic rings. The van der Waals surface area contributed by atoms with E-state index in [9.17, 15) is 12.8 Å². The van der Waals surface area contributed by atoms with E-state index in [4.69, 9.17) is 0 Å². The summed E-state index contributed by atoms with van der Waals surface area (Å²) in [6.07, 6.45) is 4.65. The third-order valence-corrected chi connectivity index (χ3v) is 3.67. The van der Waals surface area contributed by atoms with E-state index >= 15 is 0 Å². The molecule has 1 aromatic carbocycles. The molecule has 0 heterocycles. The van der Waals surface area contributed by atoms with Crippen LogP contribution in [0.25, 0.3) is 0 Å². The standard InChI is InChI=1S/C12H17FO2S/c1-3-4-5-7-10-8-6-9-11(13)12(10)16(2,14)15/h6,8-9H,3-5,7H2,1-2H3. The highest BCUT2D eigenvalue weighted by atomic mass is 32.2. The van der Waals surface area contributed by atoms with Gasteiger partial charge >= 0.3 is 0 Å². The number of rotatable bonds is 5. The minimum absolute atomic E-state index is 0.133. The van der Waals surface area contributed by atoms with Crippen LogP contribution in [0.2, 0.25) is 0 Å². The van der Waals surface area contributed by atoms with Gasteiger partial charge in [0.2, 0.25) is 0 Å². The summed E-state index contributed by atoms with van der Waals surface area (Å²) in [7, 11) is -3.48. The van der Waals surface area contributed by atoms with Gasteiger partial charge in [0.1, 0.15) is 10.7 Å². The molecule has 0 amide bonds. The Hall–Kier alpha value is -0.900. The van der Waals surface area contributed by atoms with Crippen LogP contribution in [-0.4, -0.2) is 14.7 Å². The molecular weight excluding hydrogens is 227 g/mol. The lowest BCUT2D eigenvalue weighted by atomic mass is 10.1. The first-order valence-electron chi connectivity index (χ1n) is 5.44. The summed E-state index contributed by atoms with van der Waals surface area (Å²) in [5, 5.41) is 0. The van der Waals surface area contributed by atoms with Crippen LogP contribution in [0.1, 0.15) is 31.7 Å². The number of hydrogen-bond acceptors (Lipinski definition) is 2. The van der Waals surface area contributed by atoms with Crippen molar-refractivity contribution in [2.45, 2.75) is 37.5 Å². The summed E-state index contributed by atoms with van der Waals surface area (Å²) in [6.45, 7) is 2.07. The van der Waals surface area contributed by atoms with Crippen LogP contribution in [0.15, 0.2) is 23.1 Å². The topological polar surface area (TPSA) is 34.1 Å². The molecule has 1 rings (SSSR count). The van der Waals surface area contributed by atoms with Crippen molar-refractivity contribution in [2.75, 3.05) is 6.26 Å². The monoisotopic (exact) mass is 244 g/mol. The SMILES string of the molecule is CCCCCc1cccc(F)c1S(C)(=O)=O. The number of sulfone groups is 1. The van der Waals surface area contributed by atoms with E-state index in [2.05, 4.69) is 6.92 Å². The predicted octanol–water partition coefficient (Wildman–Crippen LogP) is 2.96. The van der Waals surface area contributed by atoms with Crippen LogP contribution >= 0.6 is 0 Å². The maximum Gasteiger partial charge on any atom is 0.178 e. The fourth-order valence-electron chi connectivity index (χ4n) is 1.73. The second-order valence-corrected chi connectivity index (χ2v) is 5.91. The van der Waals surface area contributed by atoms with Gasteiger partial charge in [0.05, 0.1) is 0 Å². The molecule has 0 atom stereocenters. The lowest BCUT2D eigenvalue weighted by Crippen LogP contribution is -2.05. The van der Waals surface area contributed by atoms with Gasteiger partial charge in [-0.15, -0.1) is 0 Å². The minimum Gasteiger partial charge on any atom is -0.224 e. The first-order valence-corrected chi connectivity index (χ1v) is 7.33. The van der Waals surface area contributed by atoms with Crippen LogP contribution in [0.5, 0.6) is 0 Å². The summed E-state index contributed by atoms with van der Waals surface area (Å²) in [6, 6.07) is 4.44. The normalized spacial score (nSPS) is 11.7. The number of halogens is 1. The van der Waals surface area contributed by atoms with E-state index in [-0.39, 0.29) is 4.90 Å². The average Bonchev–Trinajstić information content (AvgIpc) is 2.16. The van der Waals surface area contributed by atoms with Crippen molar-refractivity contribution in [1.82, 2.24) is 0 Å². The van der Waals surface area contributed by atoms with Crippen molar-refractivity contribution in [1.29, 1.82) is 0 Å². The fourth-order valence-corrected chi connectivity index (χ4v) is 2.80. The molecule has 0 saturated carbocycles. The Morgan fingerprint density at radius 1 is 1.25 bits per heavy atom. The van der Waals surface area contributed by atoms with Crippen LogP contribution in [-0.2, 0) is 16.3 Å². The van der Waals surface area contributed by atoms with Gasteiger partial charge in [-0.3, -0.25) is 0 Å². The Morgan fingerprint density at radius 2 is 1.94 bits per heavy atom. The maximum atomic E-state index is 13.5. The van der Waals surface area contributed by atoms with E-state index in [1.54, 1.807) is 12.1 Å². The van der Waals surface area contributed by atoms with Gasteiger partial charge in [-0.2, -0.15) is 0 Å². The molecule has 0 aliphatic carbocycles. The van der Waals surface area contributed by atoms with Crippen molar-refractivity contribution in [2.24, 2.45) is 0 Å². The number of aryl methyl sites for hydroxylation is 1. The zero-order valence-electron chi connectivity index (χ0n) is 9.66. The summed E-state index contributed by atoms with van der Waals surface area (Å²) < 4.78 is 36.4. The summed E-state index contributed by atoms with van der Waals surface area (Å²) in [5.74, 6) is -0.642. The Kier molecular flexibility index (Phi) is 4.47. The van der Waals surface area contributed by atoms with Crippen molar-refractivity contribution in [3.8, 4) is 0 Å². The second kappa shape index (κ2) is 5.43. The Balaban J connectivity index is 3.04. The summed E-state index contributed by atoms with van der Waals surface area (Å²) >= 11 is 0. The molecule has 0 saturated heterocycles. The van der Waals surface area contributed by atoms with Crippen LogP contribution in [0.3, 0.4) is 0 Å². The molecule has 0 aromatic heterocycles. The Morgan fingerprint density at radius 3 is 2.50 bits per heavy atom. The van der Waals surface area contributed by atoms with E-state index in [0.717, 1.165) is 25.5 Å². The van der Waals surface area contributed by atoms with E-state index in [1.165, 1.54) is 6.07 Å². The molecule has 90 valence electrons. The third-order valence-electron chi connectivity index (χ3n) is 2.47. The molecule has 2 nitrogen and oxygen atoms in total. The van der Waals surface area contributed by atoms with Gasteiger partial charge < -0.3 is 0 Å². The molecule has 0 spiro atoms. The van der Waals surface area contributed by atoms with Crippen molar-refractivity contribution in [3.05, 3.63) is 29.6 Å². The van der Waals surface area contributed by atoms with Crippen molar-refractivity contribution >= 4 is 9.84 Å². The van der Waals surface area contributed by atoms with Crippen LogP contribution < -0.4 is 0 Å². The van der Waals surface area contributed by atoms with Crippen molar-refractivity contribution in [3.63, 3.8) is 0 Å². The molecule has 4 heteroatoms. The highest BCUT2D eigenvalue weighted by Crippen LogP contribution is 2.21. The summed E-state index contributed by atoms with van der Waals surface area (Å²) in [4.78, 5) is -0.133. The smallest absolute Gasteiger partial charge is 0.178 e. The number of benzene rings is 1. The molecule has 16 heavy (non-hydrogen) atoms. The quantitative estimate of drug-likeness (QED) is 0.746. The molecular formula is C12H17FO2S. The first kappa shape index (κ1) is 13.2. The van der Waals surface area contributed by atoms with Crippen LogP contribution in [0, 0.1) is 5.82 Å². The maximum absolute atomic E-state index is 13.5. The van der Waals surface area contributed by atoms with Gasteiger partial charge in [-0.1, -0.05) is 31.9 Å². The highest BCUT2D eigenvalue weighted by molar-refractivity contribution is 7.90. The largest absolute Gasteiger partial charge is 0.224 e. The third kappa shape index (κ3) is 3.30. The first-order chi connectivity index (χ1) is 7.46. The predicted molar refractivity (Wildman–Crippen MR) is 62.7 cm³/mol. The fraction of sp³-hybridized carbons (Fsp3) is 0.500. The molecule has 0 fully saturated rings. The highest BCUT2D eigenvalue weighted by Gasteiger charge is 2.17. The number of unbranched alkanes of at least 4 members (excludes halogenated alkanes) is 2. The Labute approximate surface area is 96.4 Å². The average molecular weight is 244 g/mol. The van der Waals surface area contributed by atoms with Crippen molar-refractivity contribution < 1.29 is 12.8 Å². The molecule has 0 aliphatic heterocycles. The van der Waals surface area contributed by atoms with E-state index in [1.807, 2.05) is 0 Å². The van der Waals surface area contributed by atoms with Gasteiger partial charge in [0.25, 0.3) is 0 Å². The number of hydrogen-bond donors (Lipinski definition) is 0. The molecule has 0 bridgehead atoms. The van der Waals surface area contributed by atoms with Gasteiger partial charge in [0, 0.05) is 6.26 Å².